The van der Waals surface area contributed by atoms with Crippen LogP contribution in [0.25, 0.3) is 5.70 Å². The zero-order valence-corrected chi connectivity index (χ0v) is 63.5. The van der Waals surface area contributed by atoms with Crippen molar-refractivity contribution in [3.63, 3.8) is 0 Å². The number of carbonyl (C=O) groups is 6. The van der Waals surface area contributed by atoms with Gasteiger partial charge in [0.05, 0.1) is 16.9 Å². The van der Waals surface area contributed by atoms with E-state index < -0.39 is 38.8 Å². The maximum absolute atomic E-state index is 12.6. The molecule has 0 aromatic heterocycles. The van der Waals surface area contributed by atoms with Gasteiger partial charge in [0.2, 0.25) is 5.88 Å². The summed E-state index contributed by atoms with van der Waals surface area (Å²) in [5.41, 5.74) is 6.18. The molecule has 3 unspecified atom stereocenters. The molecule has 3 radical (unpaired) electrons. The second-order valence-electron chi connectivity index (χ2n) is 29.9. The number of allylic oxidation sites excluding steroid dienone is 2. The fraction of sp³-hybridized carbons (Fsp3) is 0.521. The number of benzene rings is 4. The summed E-state index contributed by atoms with van der Waals surface area (Å²) < 4.78 is 86.0. The normalized spacial score (nSPS) is 22.2. The molecule has 5 atom stereocenters. The number of nitrogens with zero attached hydrogens (tertiary/aromatic N) is 3. The number of piperidine rings is 1. The molecule has 9 aliphatic rings. The molecule has 4 aromatic carbocycles. The molecule has 0 saturated carbocycles. The van der Waals surface area contributed by atoms with Gasteiger partial charge in [0.15, 0.2) is 0 Å². The molecule has 9 aliphatic heterocycles. The molecule has 101 heavy (non-hydrogen) atoms. The summed E-state index contributed by atoms with van der Waals surface area (Å²) in [4.78, 5) is 77.9. The Kier molecular flexibility index (Phi) is 26.4. The van der Waals surface area contributed by atoms with E-state index in [-0.39, 0.29) is 106 Å². The molecule has 9 heterocycles. The number of hydrogen-bond acceptors (Lipinski definition) is 15. The Balaban J connectivity index is 0.000000200. The van der Waals surface area contributed by atoms with E-state index in [2.05, 4.69) is 80.8 Å². The van der Waals surface area contributed by atoms with Crippen LogP contribution in [0.15, 0.2) is 95.8 Å². The van der Waals surface area contributed by atoms with Crippen molar-refractivity contribution >= 4 is 78.3 Å². The van der Waals surface area contributed by atoms with Gasteiger partial charge in [-0.05, 0) is 225 Å². The first-order valence-electron chi connectivity index (χ1n) is 33.9. The average molecular weight is 1430 g/mol. The van der Waals surface area contributed by atoms with Crippen LogP contribution in [0.3, 0.4) is 0 Å². The molecule has 2 saturated heterocycles. The topological polar surface area (TPSA) is 262 Å². The Labute approximate surface area is 617 Å². The Bertz CT molecular complexity index is 3970. The SMILES string of the molecule is CC1(C)OB(c2ccc3c(c2)CNC3=O)OC1(C)C.CC1CC=C(OS(=O)(=O)C(F)(F)F)N(C(=O)OC(C)(C)C)C1.CC1CC=C(c2ccc3c(c2)CNC3=O)N(C(=O)OC(C)(C)C)C1.CC1CCC(c2ccc3c(c2)CNC3=O)=NC1.C[C@@H]1CC[C@@H](c2ccc3c(c2)CNC3=O)NC1.[B].[H-].[Na+]. The predicted molar refractivity (Wildman–Crippen MR) is 378 cm³/mol. The Morgan fingerprint density at radius 1 is 0.604 bits per heavy atom. The molecule has 28 heteroatoms. The zero-order valence-electron chi connectivity index (χ0n) is 61.7. The van der Waals surface area contributed by atoms with Gasteiger partial charge in [-0.25, -0.2) is 14.5 Å². The molecule has 0 aliphatic carbocycles. The maximum Gasteiger partial charge on any atom is 1.00 e. The largest absolute Gasteiger partial charge is 1.00 e. The minimum Gasteiger partial charge on any atom is -1.00 e. The number of ether oxygens (including phenoxy) is 2. The van der Waals surface area contributed by atoms with Crippen LogP contribution in [0.2, 0.25) is 0 Å². The van der Waals surface area contributed by atoms with Gasteiger partial charge >= 0.3 is 64.5 Å². The summed E-state index contributed by atoms with van der Waals surface area (Å²) in [6, 6.07) is 24.2. The molecule has 5 N–H and O–H groups in total. The van der Waals surface area contributed by atoms with Crippen LogP contribution in [0.4, 0.5) is 22.8 Å². The number of hydrogen-bond donors (Lipinski definition) is 5. The number of fused-ring (bicyclic) bond motifs is 4. The van der Waals surface area contributed by atoms with Crippen LogP contribution < -0.4 is 61.6 Å². The van der Waals surface area contributed by atoms with Crippen molar-refractivity contribution in [1.29, 1.82) is 0 Å². The molecule has 6 amide bonds. The molecular weight excluding hydrogens is 1330 g/mol. The van der Waals surface area contributed by atoms with E-state index >= 15 is 0 Å². The molecule has 13 rings (SSSR count). The number of amides is 6. The number of rotatable bonds is 6. The van der Waals surface area contributed by atoms with Crippen molar-refractivity contribution in [2.45, 2.75) is 196 Å². The zero-order chi connectivity index (χ0) is 72.3. The second-order valence-corrected chi connectivity index (χ2v) is 31.5. The van der Waals surface area contributed by atoms with E-state index in [9.17, 15) is 50.4 Å². The van der Waals surface area contributed by atoms with E-state index in [1.807, 2.05) is 103 Å². The molecule has 539 valence electrons. The second kappa shape index (κ2) is 32.8. The van der Waals surface area contributed by atoms with Crippen LogP contribution in [-0.4, -0.2) is 129 Å². The summed E-state index contributed by atoms with van der Waals surface area (Å²) in [5, 5.41) is 14.9. The number of aliphatic imine (C=N–C) groups is 1. The number of alkyl halides is 3. The van der Waals surface area contributed by atoms with E-state index in [4.69, 9.17) is 18.8 Å². The van der Waals surface area contributed by atoms with Crippen molar-refractivity contribution < 1.29 is 104 Å². The first-order valence-corrected chi connectivity index (χ1v) is 35.4. The van der Waals surface area contributed by atoms with E-state index in [0.717, 1.165) is 98.5 Å². The summed E-state index contributed by atoms with van der Waals surface area (Å²) in [6.45, 7) is 32.0. The average Bonchev–Trinajstić information content (AvgIpc) is 1.58. The van der Waals surface area contributed by atoms with Gasteiger partial charge < -0.3 is 51.0 Å². The van der Waals surface area contributed by atoms with Gasteiger partial charge in [0.1, 0.15) is 11.2 Å². The number of carbonyl (C=O) groups excluding carboxylic acids is 6. The van der Waals surface area contributed by atoms with E-state index in [0.29, 0.717) is 56.2 Å². The minimum atomic E-state index is -5.84. The third-order valence-electron chi connectivity index (χ3n) is 18.6. The predicted octanol–water partition coefficient (Wildman–Crippen LogP) is 8.62. The van der Waals surface area contributed by atoms with Gasteiger partial charge in [0.25, 0.3) is 23.6 Å². The molecule has 0 spiro atoms. The molecule has 21 nitrogen and oxygen atoms in total. The quantitative estimate of drug-likeness (QED) is 0.0688. The monoisotopic (exact) mass is 1430 g/mol. The van der Waals surface area contributed by atoms with E-state index in [1.165, 1.54) is 36.1 Å². The van der Waals surface area contributed by atoms with Crippen molar-refractivity contribution in [3.05, 3.63) is 152 Å². The van der Waals surface area contributed by atoms with Crippen molar-refractivity contribution in [3.8, 4) is 0 Å². The van der Waals surface area contributed by atoms with Gasteiger partial charge in [-0.3, -0.25) is 29.1 Å². The van der Waals surface area contributed by atoms with Crippen LogP contribution in [-0.2, 0) is 59.3 Å². The molecule has 2 fully saturated rings. The van der Waals surface area contributed by atoms with Crippen molar-refractivity contribution in [2.75, 3.05) is 26.2 Å². The van der Waals surface area contributed by atoms with Crippen LogP contribution in [0, 0.1) is 23.7 Å². The summed E-state index contributed by atoms with van der Waals surface area (Å²) in [5.74, 6) is 1.18. The number of halogens is 3. The summed E-state index contributed by atoms with van der Waals surface area (Å²) in [6.07, 6.45) is 7.87. The standard InChI is InChI=1S/C19H24N2O3.C14H18BNO3.C14H18N2O.C14H16N2O.C12H18F3NO5S.B.Na.H/c1-12-5-8-16(21(11-12)18(23)24-19(2,3)4)13-6-7-15-14(9-13)10-20-17(15)22;1-13(2)14(3,4)19-15(18-13)10-5-6-11-9(7-10)8-16-12(11)17;2*1-9-2-5-13(15-7-9)10-3-4-12-11(6-10)8-16-14(12)17;1-8-5-6-9(21-22(18,19)12(13,14)15)16(7-8)10(17)20-11(2,3)4;;;/h6-9,12H,5,10-11H2,1-4H3,(H,20,22);5-7H,8H2,1-4H3,(H,16,17);3-4,6,9,13,15H,2,5,7-8H2,1H3,(H,16,17);3-4,6,9H,2,5,7-8H2,1H3,(H,16,17);6,8H,5,7H2,1-4H3;;;/q;;;;;;+1;-1/t;;9-,13+;;;;;/m..1...../s1. The summed E-state index contributed by atoms with van der Waals surface area (Å²) >= 11 is 0. The summed E-state index contributed by atoms with van der Waals surface area (Å²) in [7, 11) is -6.21. The van der Waals surface area contributed by atoms with Crippen LogP contribution in [0.1, 0.15) is 223 Å². The fourth-order valence-corrected chi connectivity index (χ4v) is 12.7. The van der Waals surface area contributed by atoms with Crippen LogP contribution in [0.5, 0.6) is 0 Å². The number of nitrogens with one attached hydrogen (secondary N) is 5. The molecule has 0 bridgehead atoms. The van der Waals surface area contributed by atoms with Gasteiger partial charge in [-0.1, -0.05) is 70.2 Å². The Morgan fingerprint density at radius 2 is 1.06 bits per heavy atom. The third-order valence-corrected chi connectivity index (χ3v) is 19.5. The van der Waals surface area contributed by atoms with Crippen molar-refractivity contribution in [1.82, 2.24) is 36.4 Å². The van der Waals surface area contributed by atoms with Crippen LogP contribution >= 0.6 is 0 Å². The Morgan fingerprint density at radius 3 is 1.54 bits per heavy atom. The van der Waals surface area contributed by atoms with Crippen molar-refractivity contribution in [2.24, 2.45) is 28.7 Å². The maximum atomic E-state index is 12.6. The smallest absolute Gasteiger partial charge is 1.00 e. The van der Waals surface area contributed by atoms with Gasteiger partial charge in [-0.2, -0.15) is 21.6 Å². The first-order chi connectivity index (χ1) is 46.2. The minimum absolute atomic E-state index is 0. The van der Waals surface area contributed by atoms with Gasteiger partial charge in [0, 0.05) is 88.2 Å². The first kappa shape index (κ1) is 81.3. The Hall–Kier alpha value is -7.00. The molecular formula is C73H95B2F3N8NaO13S. The van der Waals surface area contributed by atoms with E-state index in [1.54, 1.807) is 32.6 Å². The molecule has 4 aromatic rings. The fourth-order valence-electron chi connectivity index (χ4n) is 12.3. The third kappa shape index (κ3) is 20.5. The van der Waals surface area contributed by atoms with Gasteiger partial charge in [-0.15, -0.1) is 0 Å².